The summed E-state index contributed by atoms with van der Waals surface area (Å²) in [4.78, 5) is 11.6. The maximum absolute atomic E-state index is 11.6. The van der Waals surface area contributed by atoms with E-state index in [0.717, 1.165) is 5.57 Å². The molecule has 1 N–H and O–H groups in total. The van der Waals surface area contributed by atoms with Gasteiger partial charge in [-0.3, -0.25) is 4.79 Å². The summed E-state index contributed by atoms with van der Waals surface area (Å²) in [6.07, 6.45) is 6.62. The quantitative estimate of drug-likeness (QED) is 0.601. The minimum Gasteiger partial charge on any atom is -0.381 e. The van der Waals surface area contributed by atoms with Gasteiger partial charge in [0.15, 0.2) is 5.78 Å². The van der Waals surface area contributed by atoms with Gasteiger partial charge in [-0.05, 0) is 37.1 Å². The molecule has 0 saturated heterocycles. The van der Waals surface area contributed by atoms with Gasteiger partial charge in [0.25, 0.3) is 0 Å². The minimum atomic E-state index is -1.15. The predicted molar refractivity (Wildman–Crippen MR) is 70.6 cm³/mol. The summed E-state index contributed by atoms with van der Waals surface area (Å²) in [7, 11) is 0. The highest BCUT2D eigenvalue weighted by atomic mass is 16.3. The number of carbonyl (C=O) groups excluding carboxylic acids is 1. The molecule has 0 spiro atoms. The Balaban J connectivity index is 3.18. The van der Waals surface area contributed by atoms with Crippen LogP contribution in [0.25, 0.3) is 0 Å². The van der Waals surface area contributed by atoms with Crippen molar-refractivity contribution in [1.82, 2.24) is 0 Å². The van der Waals surface area contributed by atoms with Crippen molar-refractivity contribution < 1.29 is 9.90 Å². The molecule has 96 valence electrons. The van der Waals surface area contributed by atoms with Crippen LogP contribution in [0.15, 0.2) is 35.5 Å². The molecular formula is C15H19NO2. The fourth-order valence-electron chi connectivity index (χ4n) is 2.27. The first-order valence-electron chi connectivity index (χ1n) is 5.92. The molecular weight excluding hydrogens is 226 g/mol. The zero-order valence-electron chi connectivity index (χ0n) is 11.3. The molecule has 0 aromatic rings. The number of rotatable bonds is 2. The second-order valence-electron chi connectivity index (χ2n) is 5.47. The Bertz CT molecular complexity index is 489. The van der Waals surface area contributed by atoms with Crippen LogP contribution in [0.2, 0.25) is 0 Å². The lowest BCUT2D eigenvalue weighted by atomic mass is 9.64. The number of hydrogen-bond donors (Lipinski definition) is 1. The molecule has 0 aromatic carbocycles. The average Bonchev–Trinajstić information content (AvgIpc) is 2.23. The van der Waals surface area contributed by atoms with E-state index in [1.54, 1.807) is 26.0 Å². The zero-order valence-corrected chi connectivity index (χ0v) is 11.3. The lowest BCUT2D eigenvalue weighted by Crippen LogP contribution is -2.48. The van der Waals surface area contributed by atoms with E-state index in [1.165, 1.54) is 12.2 Å². The standard InChI is InChI=1S/C15H19NO2/c1-11(6-8-16)5-7-15(18)12(2)9-13(17)10-14(15,3)4/h5-7,9,18H,10H2,1-4H3/b7-5+,11-6+/t15-/m1/s1. The number of aliphatic hydroxyl groups is 1. The zero-order chi connectivity index (χ0) is 14.0. The maximum Gasteiger partial charge on any atom is 0.156 e. The SMILES string of the molecule is CC1=CC(=O)CC(C)(C)[C@@]1(O)/C=C/C(C)=C/C#N. The highest BCUT2D eigenvalue weighted by Gasteiger charge is 2.46. The van der Waals surface area contributed by atoms with Gasteiger partial charge in [0.1, 0.15) is 5.60 Å². The van der Waals surface area contributed by atoms with Crippen molar-refractivity contribution in [2.75, 3.05) is 0 Å². The average molecular weight is 245 g/mol. The van der Waals surface area contributed by atoms with Gasteiger partial charge in [-0.25, -0.2) is 0 Å². The second kappa shape index (κ2) is 4.91. The van der Waals surface area contributed by atoms with Crippen molar-refractivity contribution in [1.29, 1.82) is 5.26 Å². The summed E-state index contributed by atoms with van der Waals surface area (Å²) in [6, 6.07) is 1.94. The molecule has 1 aliphatic carbocycles. The minimum absolute atomic E-state index is 0.0415. The van der Waals surface area contributed by atoms with E-state index in [0.29, 0.717) is 12.0 Å². The van der Waals surface area contributed by atoms with Crippen LogP contribution in [0.5, 0.6) is 0 Å². The molecule has 0 radical (unpaired) electrons. The molecule has 0 aliphatic heterocycles. The van der Waals surface area contributed by atoms with E-state index in [-0.39, 0.29) is 5.78 Å². The van der Waals surface area contributed by atoms with E-state index in [4.69, 9.17) is 5.26 Å². The van der Waals surface area contributed by atoms with Crippen molar-refractivity contribution in [3.05, 3.63) is 35.5 Å². The van der Waals surface area contributed by atoms with Gasteiger partial charge < -0.3 is 5.11 Å². The van der Waals surface area contributed by atoms with Gasteiger partial charge in [0.05, 0.1) is 6.07 Å². The van der Waals surface area contributed by atoms with Crippen molar-refractivity contribution in [3.63, 3.8) is 0 Å². The van der Waals surface area contributed by atoms with Gasteiger partial charge in [-0.15, -0.1) is 0 Å². The summed E-state index contributed by atoms with van der Waals surface area (Å²) >= 11 is 0. The van der Waals surface area contributed by atoms with Gasteiger partial charge in [-0.2, -0.15) is 5.26 Å². The molecule has 0 bridgehead atoms. The normalized spacial score (nSPS) is 28.1. The number of hydrogen-bond acceptors (Lipinski definition) is 3. The largest absolute Gasteiger partial charge is 0.381 e. The third kappa shape index (κ3) is 2.60. The number of ketones is 1. The van der Waals surface area contributed by atoms with E-state index < -0.39 is 11.0 Å². The Hall–Kier alpha value is -1.66. The molecule has 1 atom stereocenters. The first-order valence-corrected chi connectivity index (χ1v) is 5.92. The van der Waals surface area contributed by atoms with Crippen LogP contribution in [-0.4, -0.2) is 16.5 Å². The monoisotopic (exact) mass is 245 g/mol. The van der Waals surface area contributed by atoms with Gasteiger partial charge in [-0.1, -0.05) is 19.9 Å². The summed E-state index contributed by atoms with van der Waals surface area (Å²) in [5.74, 6) is 0.0415. The first kappa shape index (κ1) is 14.4. The second-order valence-corrected chi connectivity index (χ2v) is 5.47. The fraction of sp³-hybridized carbons (Fsp3) is 0.467. The van der Waals surface area contributed by atoms with E-state index in [9.17, 15) is 9.90 Å². The summed E-state index contributed by atoms with van der Waals surface area (Å²) in [5, 5.41) is 19.3. The van der Waals surface area contributed by atoms with E-state index in [1.807, 2.05) is 19.9 Å². The predicted octanol–water partition coefficient (Wildman–Crippen LogP) is 2.69. The lowest BCUT2D eigenvalue weighted by Gasteiger charge is -2.43. The Kier molecular flexibility index (Phi) is 3.93. The fourth-order valence-corrected chi connectivity index (χ4v) is 2.27. The molecule has 3 heteroatoms. The number of allylic oxidation sites excluding steroid dienone is 4. The highest BCUT2D eigenvalue weighted by molar-refractivity contribution is 5.92. The maximum atomic E-state index is 11.6. The Morgan fingerprint density at radius 3 is 2.67 bits per heavy atom. The van der Waals surface area contributed by atoms with Gasteiger partial charge in [0, 0.05) is 17.9 Å². The molecule has 0 amide bonds. The molecule has 0 unspecified atom stereocenters. The first-order chi connectivity index (χ1) is 8.23. The van der Waals surface area contributed by atoms with Crippen molar-refractivity contribution in [3.8, 4) is 6.07 Å². The molecule has 0 fully saturated rings. The number of nitriles is 1. The van der Waals surface area contributed by atoms with Gasteiger partial charge >= 0.3 is 0 Å². The Morgan fingerprint density at radius 1 is 1.56 bits per heavy atom. The molecule has 0 aromatic heterocycles. The topological polar surface area (TPSA) is 61.1 Å². The molecule has 1 aliphatic rings. The molecule has 3 nitrogen and oxygen atoms in total. The van der Waals surface area contributed by atoms with Crippen LogP contribution in [0, 0.1) is 16.7 Å². The summed E-state index contributed by atoms with van der Waals surface area (Å²) < 4.78 is 0. The van der Waals surface area contributed by atoms with Crippen LogP contribution in [0.1, 0.15) is 34.1 Å². The summed E-state index contributed by atoms with van der Waals surface area (Å²) in [5.41, 5.74) is -0.283. The smallest absolute Gasteiger partial charge is 0.156 e. The number of carbonyl (C=O) groups is 1. The van der Waals surface area contributed by atoms with Crippen LogP contribution < -0.4 is 0 Å². The Labute approximate surface area is 108 Å². The van der Waals surface area contributed by atoms with Crippen molar-refractivity contribution in [2.45, 2.75) is 39.7 Å². The third-order valence-electron chi connectivity index (χ3n) is 3.51. The number of nitrogens with zero attached hydrogens (tertiary/aromatic N) is 1. The van der Waals surface area contributed by atoms with E-state index >= 15 is 0 Å². The van der Waals surface area contributed by atoms with Crippen LogP contribution in [0.4, 0.5) is 0 Å². The van der Waals surface area contributed by atoms with Crippen LogP contribution in [-0.2, 0) is 4.79 Å². The van der Waals surface area contributed by atoms with Crippen LogP contribution in [0.3, 0.4) is 0 Å². The van der Waals surface area contributed by atoms with Crippen molar-refractivity contribution >= 4 is 5.78 Å². The molecule has 18 heavy (non-hydrogen) atoms. The lowest BCUT2D eigenvalue weighted by molar-refractivity contribution is -0.121. The van der Waals surface area contributed by atoms with E-state index in [2.05, 4.69) is 0 Å². The van der Waals surface area contributed by atoms with Crippen molar-refractivity contribution in [2.24, 2.45) is 5.41 Å². The van der Waals surface area contributed by atoms with Crippen LogP contribution >= 0.6 is 0 Å². The third-order valence-corrected chi connectivity index (χ3v) is 3.51. The molecule has 0 saturated carbocycles. The highest BCUT2D eigenvalue weighted by Crippen LogP contribution is 2.44. The summed E-state index contributed by atoms with van der Waals surface area (Å²) in [6.45, 7) is 7.29. The molecule has 1 rings (SSSR count). The molecule has 0 heterocycles. The Morgan fingerprint density at radius 2 is 2.17 bits per heavy atom. The van der Waals surface area contributed by atoms with Gasteiger partial charge in [0.2, 0.25) is 0 Å².